The first-order valence-corrected chi connectivity index (χ1v) is 7.36. The van der Waals surface area contributed by atoms with Crippen LogP contribution in [0.5, 0.6) is 5.75 Å². The van der Waals surface area contributed by atoms with Crippen LogP contribution in [0.25, 0.3) is 0 Å². The molecule has 1 aromatic rings. The minimum absolute atomic E-state index is 0.580. The van der Waals surface area contributed by atoms with E-state index in [1.165, 1.54) is 25.7 Å². The lowest BCUT2D eigenvalue weighted by Crippen LogP contribution is -2.32. The van der Waals surface area contributed by atoms with Gasteiger partial charge in [-0.05, 0) is 39.5 Å². The van der Waals surface area contributed by atoms with E-state index in [0.717, 1.165) is 35.0 Å². The molecule has 106 valence electrons. The molecule has 0 spiro atoms. The summed E-state index contributed by atoms with van der Waals surface area (Å²) in [7, 11) is 1.73. The Bertz CT molecular complexity index is 425. The molecule has 0 bridgehead atoms. The third-order valence-electron chi connectivity index (χ3n) is 4.45. The van der Waals surface area contributed by atoms with Crippen LogP contribution in [0, 0.1) is 19.8 Å². The normalized spacial score (nSPS) is 17.7. The van der Waals surface area contributed by atoms with Gasteiger partial charge in [-0.2, -0.15) is 0 Å². The maximum absolute atomic E-state index is 5.46. The molecular weight excluding hydrogens is 236 g/mol. The van der Waals surface area contributed by atoms with E-state index in [1.807, 2.05) is 13.1 Å². The number of nitrogens with zero attached hydrogens (tertiary/aromatic N) is 1. The number of hydrogen-bond donors (Lipinski definition) is 1. The highest BCUT2D eigenvalue weighted by molar-refractivity contribution is 5.40. The molecule has 1 N–H and O–H groups in total. The summed E-state index contributed by atoms with van der Waals surface area (Å²) in [5, 5.41) is 3.63. The van der Waals surface area contributed by atoms with Gasteiger partial charge in [0.15, 0.2) is 0 Å². The van der Waals surface area contributed by atoms with Gasteiger partial charge in [0, 0.05) is 29.9 Å². The molecule has 0 aliphatic heterocycles. The van der Waals surface area contributed by atoms with Gasteiger partial charge in [-0.15, -0.1) is 0 Å². The summed E-state index contributed by atoms with van der Waals surface area (Å²) in [6.45, 7) is 7.27. The number of hydrogen-bond acceptors (Lipinski definition) is 3. The minimum atomic E-state index is 0.580. The lowest BCUT2D eigenvalue weighted by Gasteiger charge is -2.21. The van der Waals surface area contributed by atoms with Gasteiger partial charge in [0.05, 0.1) is 12.8 Å². The van der Waals surface area contributed by atoms with E-state index in [9.17, 15) is 0 Å². The van der Waals surface area contributed by atoms with Crippen molar-refractivity contribution in [2.24, 2.45) is 5.92 Å². The van der Waals surface area contributed by atoms with Crippen molar-refractivity contribution in [3.63, 3.8) is 0 Å². The van der Waals surface area contributed by atoms with Crippen LogP contribution in [0.3, 0.4) is 0 Å². The molecule has 1 saturated carbocycles. The summed E-state index contributed by atoms with van der Waals surface area (Å²) < 4.78 is 5.46. The van der Waals surface area contributed by atoms with Crippen molar-refractivity contribution in [1.82, 2.24) is 10.3 Å². The molecule has 1 heterocycles. The number of nitrogens with one attached hydrogen (secondary N) is 1. The quantitative estimate of drug-likeness (QED) is 0.883. The first-order valence-electron chi connectivity index (χ1n) is 7.36. The van der Waals surface area contributed by atoms with E-state index in [-0.39, 0.29) is 0 Å². The average molecular weight is 262 g/mol. The molecule has 1 aliphatic rings. The maximum Gasteiger partial charge on any atom is 0.128 e. The van der Waals surface area contributed by atoms with Gasteiger partial charge in [0.25, 0.3) is 0 Å². The topological polar surface area (TPSA) is 34.1 Å². The zero-order valence-corrected chi connectivity index (χ0v) is 12.6. The van der Waals surface area contributed by atoms with Crippen LogP contribution in [0.15, 0.2) is 6.20 Å². The molecule has 19 heavy (non-hydrogen) atoms. The Balaban J connectivity index is 1.99. The monoisotopic (exact) mass is 262 g/mol. The van der Waals surface area contributed by atoms with Gasteiger partial charge in [-0.3, -0.25) is 4.98 Å². The Labute approximate surface area is 116 Å². The van der Waals surface area contributed by atoms with Gasteiger partial charge < -0.3 is 10.1 Å². The third kappa shape index (κ3) is 3.27. The number of methoxy groups -OCH3 is 1. The van der Waals surface area contributed by atoms with Crippen LogP contribution in [0.1, 0.15) is 49.4 Å². The molecule has 1 aromatic heterocycles. The zero-order valence-electron chi connectivity index (χ0n) is 12.6. The van der Waals surface area contributed by atoms with Crippen molar-refractivity contribution >= 4 is 0 Å². The molecule has 0 aromatic carbocycles. The lowest BCUT2D eigenvalue weighted by atomic mass is 9.99. The first kappa shape index (κ1) is 14.3. The highest BCUT2D eigenvalue weighted by atomic mass is 16.5. The van der Waals surface area contributed by atoms with E-state index < -0.39 is 0 Å². The van der Waals surface area contributed by atoms with Crippen LogP contribution in [-0.4, -0.2) is 18.1 Å². The summed E-state index contributed by atoms with van der Waals surface area (Å²) in [6, 6.07) is 0.580. The molecule has 0 amide bonds. The maximum atomic E-state index is 5.46. The summed E-state index contributed by atoms with van der Waals surface area (Å²) in [4.78, 5) is 4.54. The summed E-state index contributed by atoms with van der Waals surface area (Å²) >= 11 is 0. The van der Waals surface area contributed by atoms with Crippen LogP contribution in [-0.2, 0) is 6.54 Å². The van der Waals surface area contributed by atoms with E-state index in [0.29, 0.717) is 6.04 Å². The Kier molecular flexibility index (Phi) is 4.81. The van der Waals surface area contributed by atoms with Crippen molar-refractivity contribution < 1.29 is 4.74 Å². The average Bonchev–Trinajstić information content (AvgIpc) is 2.92. The molecule has 1 atom stereocenters. The SMILES string of the molecule is COc1c(C)cnc(CN[C@@H](C)C2CCCC2)c1C. The molecule has 1 fully saturated rings. The number of ether oxygens (including phenoxy) is 1. The second kappa shape index (κ2) is 6.38. The van der Waals surface area contributed by atoms with Crippen LogP contribution < -0.4 is 10.1 Å². The highest BCUT2D eigenvalue weighted by Crippen LogP contribution is 2.28. The van der Waals surface area contributed by atoms with Crippen LogP contribution in [0.2, 0.25) is 0 Å². The van der Waals surface area contributed by atoms with Gasteiger partial charge in [-0.25, -0.2) is 0 Å². The Morgan fingerprint density at radius 2 is 2.05 bits per heavy atom. The molecule has 1 aliphatic carbocycles. The van der Waals surface area contributed by atoms with Gasteiger partial charge in [0.1, 0.15) is 5.75 Å². The number of aryl methyl sites for hydroxylation is 1. The van der Waals surface area contributed by atoms with E-state index >= 15 is 0 Å². The lowest BCUT2D eigenvalue weighted by molar-refractivity contribution is 0.376. The predicted octanol–water partition coefficient (Wildman–Crippen LogP) is 3.38. The van der Waals surface area contributed by atoms with Crippen molar-refractivity contribution in [1.29, 1.82) is 0 Å². The van der Waals surface area contributed by atoms with Crippen molar-refractivity contribution in [3.05, 3.63) is 23.0 Å². The Hall–Kier alpha value is -1.09. The number of pyridine rings is 1. The second-order valence-electron chi connectivity index (χ2n) is 5.76. The Morgan fingerprint density at radius 1 is 1.37 bits per heavy atom. The summed E-state index contributed by atoms with van der Waals surface area (Å²) in [5.74, 6) is 1.81. The summed E-state index contributed by atoms with van der Waals surface area (Å²) in [5.41, 5.74) is 3.37. The minimum Gasteiger partial charge on any atom is -0.496 e. The molecule has 2 rings (SSSR count). The molecule has 0 radical (unpaired) electrons. The first-order chi connectivity index (χ1) is 9.13. The second-order valence-corrected chi connectivity index (χ2v) is 5.76. The number of aromatic nitrogens is 1. The highest BCUT2D eigenvalue weighted by Gasteiger charge is 2.21. The number of rotatable bonds is 5. The van der Waals surface area contributed by atoms with Crippen molar-refractivity contribution in [3.8, 4) is 5.75 Å². The van der Waals surface area contributed by atoms with Crippen LogP contribution >= 0.6 is 0 Å². The van der Waals surface area contributed by atoms with Gasteiger partial charge in [-0.1, -0.05) is 12.8 Å². The molecule has 0 unspecified atom stereocenters. The fourth-order valence-corrected chi connectivity index (χ4v) is 3.13. The van der Waals surface area contributed by atoms with E-state index in [2.05, 4.69) is 24.1 Å². The zero-order chi connectivity index (χ0) is 13.8. The molecular formula is C16H26N2O. The van der Waals surface area contributed by atoms with Crippen LogP contribution in [0.4, 0.5) is 0 Å². The van der Waals surface area contributed by atoms with Gasteiger partial charge in [0.2, 0.25) is 0 Å². The summed E-state index contributed by atoms with van der Waals surface area (Å²) in [6.07, 6.45) is 7.44. The third-order valence-corrected chi connectivity index (χ3v) is 4.45. The fourth-order valence-electron chi connectivity index (χ4n) is 3.13. The molecule has 3 heteroatoms. The standard InChI is InChI=1S/C16H26N2O/c1-11-9-18-15(12(2)16(11)19-4)10-17-13(3)14-7-5-6-8-14/h9,13-14,17H,5-8,10H2,1-4H3/t13-/m0/s1. The van der Waals surface area contributed by atoms with Crippen molar-refractivity contribution in [2.75, 3.05) is 7.11 Å². The smallest absolute Gasteiger partial charge is 0.128 e. The van der Waals surface area contributed by atoms with E-state index in [4.69, 9.17) is 4.74 Å². The molecule has 3 nitrogen and oxygen atoms in total. The Morgan fingerprint density at radius 3 is 2.68 bits per heavy atom. The van der Waals surface area contributed by atoms with Gasteiger partial charge >= 0.3 is 0 Å². The van der Waals surface area contributed by atoms with Crippen molar-refractivity contribution in [2.45, 2.75) is 59.0 Å². The van der Waals surface area contributed by atoms with E-state index in [1.54, 1.807) is 7.11 Å². The predicted molar refractivity (Wildman–Crippen MR) is 78.5 cm³/mol. The largest absolute Gasteiger partial charge is 0.496 e. The molecule has 0 saturated heterocycles. The fraction of sp³-hybridized carbons (Fsp3) is 0.688.